The monoisotopic (exact) mass is 241 g/mol. The molecule has 0 aromatic carbocycles. The summed E-state index contributed by atoms with van der Waals surface area (Å²) in [4.78, 5) is 13.9. The van der Waals surface area contributed by atoms with Gasteiger partial charge in [-0.15, -0.1) is 0 Å². The van der Waals surface area contributed by atoms with Gasteiger partial charge in [-0.2, -0.15) is 0 Å². The van der Waals surface area contributed by atoms with Crippen molar-refractivity contribution in [2.75, 3.05) is 26.7 Å². The van der Waals surface area contributed by atoms with Crippen LogP contribution in [0, 0.1) is 5.92 Å². The Morgan fingerprint density at radius 2 is 1.88 bits per heavy atom. The summed E-state index contributed by atoms with van der Waals surface area (Å²) in [5.41, 5.74) is -0.155. The van der Waals surface area contributed by atoms with Crippen molar-refractivity contribution in [2.45, 2.75) is 45.6 Å². The zero-order chi connectivity index (χ0) is 12.9. The Morgan fingerprint density at radius 1 is 1.29 bits per heavy atom. The molecule has 0 spiro atoms. The van der Waals surface area contributed by atoms with E-state index in [1.54, 1.807) is 0 Å². The highest BCUT2D eigenvalue weighted by Crippen LogP contribution is 2.18. The van der Waals surface area contributed by atoms with Crippen molar-refractivity contribution in [1.29, 1.82) is 0 Å². The Bertz CT molecular complexity index is 240. The number of likely N-dealkylation sites (tertiary alicyclic amines) is 1. The smallest absolute Gasteiger partial charge is 0.315 e. The molecule has 0 aliphatic carbocycles. The molecule has 1 fully saturated rings. The van der Waals surface area contributed by atoms with Crippen LogP contribution in [0.3, 0.4) is 0 Å². The molecule has 1 rings (SSSR count). The molecule has 0 aromatic heterocycles. The van der Waals surface area contributed by atoms with E-state index in [1.165, 1.54) is 25.9 Å². The van der Waals surface area contributed by atoms with Gasteiger partial charge < -0.3 is 15.5 Å². The molecule has 1 saturated heterocycles. The van der Waals surface area contributed by atoms with Crippen LogP contribution in [0.5, 0.6) is 0 Å². The number of nitrogens with one attached hydrogen (secondary N) is 2. The van der Waals surface area contributed by atoms with Gasteiger partial charge in [-0.25, -0.2) is 4.79 Å². The minimum atomic E-state index is -0.155. The molecule has 1 aliphatic rings. The van der Waals surface area contributed by atoms with E-state index in [0.717, 1.165) is 18.9 Å². The minimum Gasteiger partial charge on any atom is -0.338 e. The van der Waals surface area contributed by atoms with Crippen LogP contribution in [-0.4, -0.2) is 43.2 Å². The molecule has 0 radical (unpaired) electrons. The van der Waals surface area contributed by atoms with Crippen molar-refractivity contribution < 1.29 is 4.79 Å². The number of urea groups is 1. The van der Waals surface area contributed by atoms with Crippen molar-refractivity contribution in [1.82, 2.24) is 15.5 Å². The van der Waals surface area contributed by atoms with Crippen molar-refractivity contribution >= 4 is 6.03 Å². The van der Waals surface area contributed by atoms with E-state index in [-0.39, 0.29) is 11.6 Å². The van der Waals surface area contributed by atoms with Gasteiger partial charge in [-0.1, -0.05) is 0 Å². The van der Waals surface area contributed by atoms with Crippen LogP contribution >= 0.6 is 0 Å². The average molecular weight is 241 g/mol. The van der Waals surface area contributed by atoms with E-state index >= 15 is 0 Å². The highest BCUT2D eigenvalue weighted by atomic mass is 16.2. The fraction of sp³-hybridized carbons (Fsp3) is 0.923. The molecular formula is C13H27N3O. The molecule has 0 saturated carbocycles. The summed E-state index contributed by atoms with van der Waals surface area (Å²) < 4.78 is 0. The van der Waals surface area contributed by atoms with E-state index in [9.17, 15) is 4.79 Å². The number of carbonyl (C=O) groups is 1. The fourth-order valence-corrected chi connectivity index (χ4v) is 2.13. The topological polar surface area (TPSA) is 44.4 Å². The van der Waals surface area contributed by atoms with E-state index in [1.807, 2.05) is 20.8 Å². The largest absolute Gasteiger partial charge is 0.338 e. The third-order valence-corrected chi connectivity index (χ3v) is 3.16. The second-order valence-electron chi connectivity index (χ2n) is 6.17. The van der Waals surface area contributed by atoms with Gasteiger partial charge in [0.1, 0.15) is 0 Å². The van der Waals surface area contributed by atoms with Crippen LogP contribution in [-0.2, 0) is 0 Å². The zero-order valence-corrected chi connectivity index (χ0v) is 11.7. The summed E-state index contributed by atoms with van der Waals surface area (Å²) in [6, 6.07) is -0.0505. The lowest BCUT2D eigenvalue weighted by molar-refractivity contribution is 0.208. The first-order valence-electron chi connectivity index (χ1n) is 6.61. The van der Waals surface area contributed by atoms with Crippen molar-refractivity contribution in [3.8, 4) is 0 Å². The summed E-state index contributed by atoms with van der Waals surface area (Å²) >= 11 is 0. The molecule has 4 nitrogen and oxygen atoms in total. The molecule has 4 heteroatoms. The molecule has 17 heavy (non-hydrogen) atoms. The first-order chi connectivity index (χ1) is 7.87. The molecule has 1 aliphatic heterocycles. The van der Waals surface area contributed by atoms with E-state index in [0.29, 0.717) is 0 Å². The summed E-state index contributed by atoms with van der Waals surface area (Å²) in [6.07, 6.45) is 3.63. The van der Waals surface area contributed by atoms with Crippen LogP contribution in [0.15, 0.2) is 0 Å². The lowest BCUT2D eigenvalue weighted by Crippen LogP contribution is -2.46. The molecule has 2 amide bonds. The highest BCUT2D eigenvalue weighted by Gasteiger charge is 2.17. The number of hydrogen-bond acceptors (Lipinski definition) is 2. The van der Waals surface area contributed by atoms with E-state index in [2.05, 4.69) is 22.6 Å². The Morgan fingerprint density at radius 3 is 2.41 bits per heavy atom. The van der Waals surface area contributed by atoms with Gasteiger partial charge in [0, 0.05) is 12.1 Å². The van der Waals surface area contributed by atoms with Crippen molar-refractivity contribution in [3.63, 3.8) is 0 Å². The lowest BCUT2D eigenvalue weighted by atomic mass is 9.94. The van der Waals surface area contributed by atoms with Gasteiger partial charge in [0.25, 0.3) is 0 Å². The Labute approximate surface area is 105 Å². The molecular weight excluding hydrogens is 214 g/mol. The molecule has 2 N–H and O–H groups in total. The summed E-state index contributed by atoms with van der Waals surface area (Å²) in [5, 5.41) is 5.84. The second-order valence-corrected chi connectivity index (χ2v) is 6.17. The van der Waals surface area contributed by atoms with Crippen LogP contribution in [0.1, 0.15) is 40.0 Å². The summed E-state index contributed by atoms with van der Waals surface area (Å²) in [6.45, 7) is 9.14. The van der Waals surface area contributed by atoms with Crippen LogP contribution < -0.4 is 10.6 Å². The maximum atomic E-state index is 11.5. The molecule has 0 atom stereocenters. The number of carbonyl (C=O) groups excluding carboxylic acids is 1. The molecule has 100 valence electrons. The highest BCUT2D eigenvalue weighted by molar-refractivity contribution is 5.74. The van der Waals surface area contributed by atoms with Gasteiger partial charge in [-0.3, -0.25) is 0 Å². The molecule has 0 bridgehead atoms. The Kier molecular flexibility index (Phi) is 5.25. The number of hydrogen-bond donors (Lipinski definition) is 2. The number of amides is 2. The molecule has 1 heterocycles. The zero-order valence-electron chi connectivity index (χ0n) is 11.7. The first-order valence-corrected chi connectivity index (χ1v) is 6.61. The maximum Gasteiger partial charge on any atom is 0.315 e. The van der Waals surface area contributed by atoms with Gasteiger partial charge in [0.05, 0.1) is 0 Å². The number of piperidine rings is 1. The number of nitrogens with zero attached hydrogens (tertiary/aromatic N) is 1. The predicted molar refractivity (Wildman–Crippen MR) is 71.1 cm³/mol. The standard InChI is InChI=1S/C13H27N3O/c1-13(2,3)15-12(17)14-8-5-11-6-9-16(4)10-7-11/h11H,5-10H2,1-4H3,(H2,14,15,17). The van der Waals surface area contributed by atoms with E-state index < -0.39 is 0 Å². The first kappa shape index (κ1) is 14.3. The van der Waals surface area contributed by atoms with Crippen molar-refractivity contribution in [2.24, 2.45) is 5.92 Å². The van der Waals surface area contributed by atoms with Gasteiger partial charge >= 0.3 is 6.03 Å². The van der Waals surface area contributed by atoms with Crippen LogP contribution in [0.25, 0.3) is 0 Å². The summed E-state index contributed by atoms with van der Waals surface area (Å²) in [7, 11) is 2.17. The van der Waals surface area contributed by atoms with Gasteiger partial charge in [0.15, 0.2) is 0 Å². The van der Waals surface area contributed by atoms with Crippen LogP contribution in [0.2, 0.25) is 0 Å². The van der Waals surface area contributed by atoms with Crippen LogP contribution in [0.4, 0.5) is 4.79 Å². The predicted octanol–water partition coefficient (Wildman–Crippen LogP) is 1.82. The quantitative estimate of drug-likeness (QED) is 0.791. The average Bonchev–Trinajstić information content (AvgIpc) is 2.18. The molecule has 0 aromatic rings. The minimum absolute atomic E-state index is 0.0505. The van der Waals surface area contributed by atoms with Crippen molar-refractivity contribution in [3.05, 3.63) is 0 Å². The third-order valence-electron chi connectivity index (χ3n) is 3.16. The van der Waals surface area contributed by atoms with Gasteiger partial charge in [-0.05, 0) is 66.1 Å². The van der Waals surface area contributed by atoms with Gasteiger partial charge in [0.2, 0.25) is 0 Å². The number of rotatable bonds is 3. The third kappa shape index (κ3) is 6.51. The maximum absolute atomic E-state index is 11.5. The SMILES string of the molecule is CN1CCC(CCNC(=O)NC(C)(C)C)CC1. The fourth-order valence-electron chi connectivity index (χ4n) is 2.13. The second kappa shape index (κ2) is 6.24. The lowest BCUT2D eigenvalue weighted by Gasteiger charge is -2.29. The Balaban J connectivity index is 2.09. The Hall–Kier alpha value is -0.770. The molecule has 0 unspecified atom stereocenters. The van der Waals surface area contributed by atoms with E-state index in [4.69, 9.17) is 0 Å². The normalized spacial score (nSPS) is 19.1. The summed E-state index contributed by atoms with van der Waals surface area (Å²) in [5.74, 6) is 0.779.